The predicted molar refractivity (Wildman–Crippen MR) is 51.4 cm³/mol. The van der Waals surface area contributed by atoms with Crippen LogP contribution in [0.3, 0.4) is 0 Å². The Kier molecular flexibility index (Phi) is 1.98. The summed E-state index contributed by atoms with van der Waals surface area (Å²) < 4.78 is 0. The normalized spacial score (nSPS) is 15.4. The molecule has 0 aliphatic carbocycles. The number of aromatic nitrogens is 1. The third kappa shape index (κ3) is 1.53. The number of nitrogens with one attached hydrogen (secondary N) is 2. The highest BCUT2D eigenvalue weighted by atomic mass is 15.5. The summed E-state index contributed by atoms with van der Waals surface area (Å²) in [7, 11) is 0. The zero-order valence-corrected chi connectivity index (χ0v) is 7.76. The molecule has 4 heteroatoms. The summed E-state index contributed by atoms with van der Waals surface area (Å²) in [6.07, 6.45) is 0. The molecule has 0 unspecified atom stereocenters. The molecule has 1 aliphatic rings. The quantitative estimate of drug-likeness (QED) is 0.655. The van der Waals surface area contributed by atoms with Crippen molar-refractivity contribution in [2.24, 2.45) is 4.99 Å². The van der Waals surface area contributed by atoms with Crippen molar-refractivity contribution in [3.05, 3.63) is 29.1 Å². The third-order valence-corrected chi connectivity index (χ3v) is 1.98. The summed E-state index contributed by atoms with van der Waals surface area (Å²) in [6.45, 7) is 4.63. The van der Waals surface area contributed by atoms with Gasteiger partial charge in [0, 0.05) is 5.69 Å². The van der Waals surface area contributed by atoms with E-state index in [9.17, 15) is 0 Å². The van der Waals surface area contributed by atoms with Gasteiger partial charge in [-0.15, -0.1) is 0 Å². The van der Waals surface area contributed by atoms with Gasteiger partial charge in [-0.3, -0.25) is 0 Å². The molecule has 1 aromatic rings. The lowest BCUT2D eigenvalue weighted by atomic mass is 10.2. The number of aliphatic imine (C=N–C) groups is 1. The van der Waals surface area contributed by atoms with Crippen LogP contribution in [0.2, 0.25) is 0 Å². The van der Waals surface area contributed by atoms with E-state index < -0.39 is 0 Å². The van der Waals surface area contributed by atoms with Gasteiger partial charge in [-0.05, 0) is 25.5 Å². The Labute approximate surface area is 77.1 Å². The van der Waals surface area contributed by atoms with Gasteiger partial charge in [0.05, 0.1) is 0 Å². The highest BCUT2D eigenvalue weighted by Crippen LogP contribution is 2.07. The van der Waals surface area contributed by atoms with Crippen molar-refractivity contribution in [3.8, 4) is 0 Å². The van der Waals surface area contributed by atoms with Gasteiger partial charge in [0.15, 0.2) is 5.84 Å². The second kappa shape index (κ2) is 3.14. The van der Waals surface area contributed by atoms with Gasteiger partial charge in [0.2, 0.25) is 0 Å². The van der Waals surface area contributed by atoms with Crippen LogP contribution in [0.4, 0.5) is 0 Å². The Morgan fingerprint density at radius 3 is 2.85 bits per heavy atom. The minimum absolute atomic E-state index is 0.615. The minimum atomic E-state index is 0.615. The average Bonchev–Trinajstić information content (AvgIpc) is 2.61. The van der Waals surface area contributed by atoms with Crippen molar-refractivity contribution in [2.75, 3.05) is 6.67 Å². The number of nitrogens with zero attached hydrogens (tertiary/aromatic N) is 2. The first-order chi connectivity index (χ1) is 6.27. The molecule has 0 atom stereocenters. The maximum absolute atomic E-state index is 4.42. The van der Waals surface area contributed by atoms with E-state index in [4.69, 9.17) is 0 Å². The zero-order chi connectivity index (χ0) is 9.26. The SMILES string of the molecule is Cc1ccc(C)c(C2=NCNN2)n1. The lowest BCUT2D eigenvalue weighted by Crippen LogP contribution is -2.31. The molecule has 4 nitrogen and oxygen atoms in total. The van der Waals surface area contributed by atoms with Gasteiger partial charge in [0.1, 0.15) is 12.4 Å². The largest absolute Gasteiger partial charge is 0.302 e. The molecule has 0 aromatic carbocycles. The first-order valence-corrected chi connectivity index (χ1v) is 4.25. The number of aryl methyl sites for hydroxylation is 2. The molecule has 68 valence electrons. The zero-order valence-electron chi connectivity index (χ0n) is 7.76. The lowest BCUT2D eigenvalue weighted by molar-refractivity contribution is 0.726. The molecule has 0 radical (unpaired) electrons. The lowest BCUT2D eigenvalue weighted by Gasteiger charge is -2.05. The molecule has 13 heavy (non-hydrogen) atoms. The smallest absolute Gasteiger partial charge is 0.163 e. The van der Waals surface area contributed by atoms with Crippen molar-refractivity contribution < 1.29 is 0 Å². The van der Waals surface area contributed by atoms with Crippen LogP contribution in [0.15, 0.2) is 17.1 Å². The summed E-state index contributed by atoms with van der Waals surface area (Å²) in [5.74, 6) is 0.834. The van der Waals surface area contributed by atoms with Crippen LogP contribution >= 0.6 is 0 Å². The Hall–Kier alpha value is -1.42. The van der Waals surface area contributed by atoms with Crippen molar-refractivity contribution in [2.45, 2.75) is 13.8 Å². The topological polar surface area (TPSA) is 49.3 Å². The average molecular weight is 176 g/mol. The van der Waals surface area contributed by atoms with E-state index in [1.54, 1.807) is 0 Å². The summed E-state index contributed by atoms with van der Waals surface area (Å²) in [5, 5.41) is 0. The van der Waals surface area contributed by atoms with Crippen LogP contribution in [-0.2, 0) is 0 Å². The standard InChI is InChI=1S/C9H12N4/c1-6-3-4-7(2)12-8(6)9-10-5-11-13-9/h3-4,11H,5H2,1-2H3,(H,10,13). The second-order valence-corrected chi connectivity index (χ2v) is 3.08. The maximum atomic E-state index is 4.42. The predicted octanol–water partition coefficient (Wildman–Crippen LogP) is 0.510. The molecule has 2 heterocycles. The first kappa shape index (κ1) is 8.19. The molecule has 0 saturated carbocycles. The Morgan fingerprint density at radius 1 is 1.31 bits per heavy atom. The van der Waals surface area contributed by atoms with Crippen molar-refractivity contribution >= 4 is 5.84 Å². The van der Waals surface area contributed by atoms with E-state index >= 15 is 0 Å². The van der Waals surface area contributed by atoms with Crippen LogP contribution in [0.5, 0.6) is 0 Å². The number of hydrogen-bond donors (Lipinski definition) is 2. The molecule has 0 spiro atoms. The van der Waals surface area contributed by atoms with E-state index in [1.165, 1.54) is 0 Å². The van der Waals surface area contributed by atoms with Crippen molar-refractivity contribution in [1.29, 1.82) is 0 Å². The molecular formula is C9H12N4. The summed E-state index contributed by atoms with van der Waals surface area (Å²) in [5.41, 5.74) is 8.99. The van der Waals surface area contributed by atoms with Crippen molar-refractivity contribution in [1.82, 2.24) is 15.8 Å². The monoisotopic (exact) mass is 176 g/mol. The Morgan fingerprint density at radius 2 is 2.15 bits per heavy atom. The van der Waals surface area contributed by atoms with Gasteiger partial charge in [-0.1, -0.05) is 6.07 Å². The van der Waals surface area contributed by atoms with Crippen LogP contribution in [0.1, 0.15) is 17.0 Å². The summed E-state index contributed by atoms with van der Waals surface area (Å²) in [4.78, 5) is 8.66. The molecule has 1 aromatic heterocycles. The first-order valence-electron chi connectivity index (χ1n) is 4.25. The van der Waals surface area contributed by atoms with E-state index in [2.05, 4.69) is 26.9 Å². The molecule has 0 saturated heterocycles. The van der Waals surface area contributed by atoms with E-state index in [-0.39, 0.29) is 0 Å². The number of pyridine rings is 1. The highest BCUT2D eigenvalue weighted by molar-refractivity contribution is 5.98. The number of hydrogen-bond acceptors (Lipinski definition) is 4. The molecule has 0 fully saturated rings. The van der Waals surface area contributed by atoms with Crippen molar-refractivity contribution in [3.63, 3.8) is 0 Å². The highest BCUT2D eigenvalue weighted by Gasteiger charge is 2.11. The van der Waals surface area contributed by atoms with Crippen LogP contribution in [-0.4, -0.2) is 17.5 Å². The fourth-order valence-corrected chi connectivity index (χ4v) is 1.28. The van der Waals surface area contributed by atoms with E-state index in [1.807, 2.05) is 19.9 Å². The van der Waals surface area contributed by atoms with Crippen LogP contribution in [0, 0.1) is 13.8 Å². The van der Waals surface area contributed by atoms with E-state index in [0.29, 0.717) is 6.67 Å². The Balaban J connectivity index is 2.43. The van der Waals surface area contributed by atoms with Crippen LogP contribution in [0.25, 0.3) is 0 Å². The molecule has 2 rings (SSSR count). The fraction of sp³-hybridized carbons (Fsp3) is 0.333. The van der Waals surface area contributed by atoms with Gasteiger partial charge >= 0.3 is 0 Å². The fourth-order valence-electron chi connectivity index (χ4n) is 1.28. The number of hydrazine groups is 1. The van der Waals surface area contributed by atoms with Gasteiger partial charge < -0.3 is 5.43 Å². The molecule has 1 aliphatic heterocycles. The van der Waals surface area contributed by atoms with Gasteiger partial charge in [-0.25, -0.2) is 15.4 Å². The summed E-state index contributed by atoms with van der Waals surface area (Å²) in [6, 6.07) is 4.06. The minimum Gasteiger partial charge on any atom is -0.302 e. The second-order valence-electron chi connectivity index (χ2n) is 3.08. The number of rotatable bonds is 1. The number of amidine groups is 1. The van der Waals surface area contributed by atoms with E-state index in [0.717, 1.165) is 22.8 Å². The van der Waals surface area contributed by atoms with Gasteiger partial charge in [0.25, 0.3) is 0 Å². The molecule has 0 amide bonds. The third-order valence-electron chi connectivity index (χ3n) is 1.98. The van der Waals surface area contributed by atoms with Gasteiger partial charge in [-0.2, -0.15) is 0 Å². The molecular weight excluding hydrogens is 164 g/mol. The Bertz CT molecular complexity index is 357. The summed E-state index contributed by atoms with van der Waals surface area (Å²) >= 11 is 0. The maximum Gasteiger partial charge on any atom is 0.163 e. The molecule has 0 bridgehead atoms. The van der Waals surface area contributed by atoms with Crippen LogP contribution < -0.4 is 10.9 Å². The molecule has 2 N–H and O–H groups in total.